The van der Waals surface area contributed by atoms with Gasteiger partial charge in [-0.1, -0.05) is 27.2 Å². The Labute approximate surface area is 120 Å². The molecule has 0 fully saturated rings. The van der Waals surface area contributed by atoms with Crippen molar-refractivity contribution in [3.63, 3.8) is 0 Å². The topological polar surface area (TPSA) is 61.1 Å². The van der Waals surface area contributed by atoms with Gasteiger partial charge in [-0.15, -0.1) is 0 Å². The Morgan fingerprint density at radius 1 is 1.47 bits per heavy atom. The van der Waals surface area contributed by atoms with E-state index in [1.165, 1.54) is 0 Å². The summed E-state index contributed by atoms with van der Waals surface area (Å²) >= 11 is 1.89. The molecular formula is C15H25NO2S. The van der Waals surface area contributed by atoms with E-state index in [0.29, 0.717) is 35.8 Å². The summed E-state index contributed by atoms with van der Waals surface area (Å²) in [5, 5.41) is 18.5. The standard InChI is InChI=1S/C15H25NO2S/c1-4-6-12(16)15-13(17)8-11(9-14(15)18)7-10(3)19-5-2/h10-11,16-17H,4-9H2,1-3H3/t10-,11-/m1/s1. The van der Waals surface area contributed by atoms with Crippen molar-refractivity contribution in [2.24, 2.45) is 5.92 Å². The fourth-order valence-corrected chi connectivity index (χ4v) is 3.66. The molecule has 0 heterocycles. The van der Waals surface area contributed by atoms with Gasteiger partial charge < -0.3 is 10.5 Å². The number of aliphatic hydroxyl groups excluding tert-OH is 1. The van der Waals surface area contributed by atoms with E-state index in [1.54, 1.807) is 0 Å². The third kappa shape index (κ3) is 4.68. The Morgan fingerprint density at radius 3 is 2.68 bits per heavy atom. The molecule has 0 spiro atoms. The van der Waals surface area contributed by atoms with Crippen LogP contribution >= 0.6 is 11.8 Å². The molecule has 1 aliphatic rings. The zero-order valence-electron chi connectivity index (χ0n) is 12.2. The highest BCUT2D eigenvalue weighted by Crippen LogP contribution is 2.32. The lowest BCUT2D eigenvalue weighted by Gasteiger charge is -2.25. The first kappa shape index (κ1) is 16.3. The molecule has 108 valence electrons. The van der Waals surface area contributed by atoms with Crippen LogP contribution < -0.4 is 0 Å². The molecule has 2 atom stereocenters. The molecule has 0 aliphatic heterocycles. The number of Topliss-reactive ketones (excluding diaryl/α,β-unsaturated/α-hetero) is 1. The van der Waals surface area contributed by atoms with Crippen LogP contribution in [-0.4, -0.2) is 27.6 Å². The maximum atomic E-state index is 12.1. The number of carbonyl (C=O) groups is 1. The van der Waals surface area contributed by atoms with Crippen molar-refractivity contribution in [1.29, 1.82) is 5.41 Å². The average molecular weight is 283 g/mol. The maximum Gasteiger partial charge on any atom is 0.168 e. The molecule has 0 bridgehead atoms. The SMILES string of the molecule is CCCC(=N)C1=C(O)C[C@@H](C[C@@H](C)SCC)CC1=O. The van der Waals surface area contributed by atoms with Gasteiger partial charge in [0.05, 0.1) is 5.57 Å². The van der Waals surface area contributed by atoms with E-state index < -0.39 is 0 Å². The minimum absolute atomic E-state index is 0.0408. The number of allylic oxidation sites excluding steroid dienone is 2. The van der Waals surface area contributed by atoms with Crippen LogP contribution in [0.5, 0.6) is 0 Å². The van der Waals surface area contributed by atoms with Crippen LogP contribution in [0, 0.1) is 11.3 Å². The van der Waals surface area contributed by atoms with Crippen molar-refractivity contribution < 1.29 is 9.90 Å². The quantitative estimate of drug-likeness (QED) is 0.691. The minimum atomic E-state index is -0.0408. The fraction of sp³-hybridized carbons (Fsp3) is 0.733. The smallest absolute Gasteiger partial charge is 0.168 e. The number of hydrogen-bond donors (Lipinski definition) is 2. The molecule has 0 radical (unpaired) electrons. The second-order valence-corrected chi connectivity index (χ2v) is 6.96. The van der Waals surface area contributed by atoms with Crippen LogP contribution in [0.3, 0.4) is 0 Å². The van der Waals surface area contributed by atoms with E-state index in [1.807, 2.05) is 18.7 Å². The number of carbonyl (C=O) groups excluding carboxylic acids is 1. The van der Waals surface area contributed by atoms with Crippen LogP contribution in [0.25, 0.3) is 0 Å². The molecule has 0 saturated heterocycles. The first-order valence-electron chi connectivity index (χ1n) is 7.14. The minimum Gasteiger partial charge on any atom is -0.511 e. The lowest BCUT2D eigenvalue weighted by molar-refractivity contribution is -0.116. The van der Waals surface area contributed by atoms with E-state index in [9.17, 15) is 9.90 Å². The van der Waals surface area contributed by atoms with Crippen molar-refractivity contribution in [3.05, 3.63) is 11.3 Å². The third-order valence-electron chi connectivity index (χ3n) is 3.44. The number of thioether (sulfide) groups is 1. The molecule has 0 aromatic heterocycles. The summed E-state index contributed by atoms with van der Waals surface area (Å²) in [4.78, 5) is 12.1. The third-order valence-corrected chi connectivity index (χ3v) is 4.54. The molecule has 0 aromatic rings. The first-order valence-corrected chi connectivity index (χ1v) is 8.19. The van der Waals surface area contributed by atoms with E-state index in [-0.39, 0.29) is 17.5 Å². The number of rotatable bonds is 7. The Kier molecular flexibility index (Phi) is 6.63. The van der Waals surface area contributed by atoms with Crippen molar-refractivity contribution in [2.75, 3.05) is 5.75 Å². The van der Waals surface area contributed by atoms with Gasteiger partial charge in [-0.25, -0.2) is 0 Å². The Bertz CT molecular complexity index is 376. The lowest BCUT2D eigenvalue weighted by atomic mass is 9.82. The first-order chi connectivity index (χ1) is 8.99. The average Bonchev–Trinajstić information content (AvgIpc) is 2.28. The van der Waals surface area contributed by atoms with Crippen LogP contribution in [0.1, 0.15) is 52.9 Å². The largest absolute Gasteiger partial charge is 0.511 e. The summed E-state index contributed by atoms with van der Waals surface area (Å²) in [5.41, 5.74) is 0.605. The van der Waals surface area contributed by atoms with Crippen molar-refractivity contribution >= 4 is 23.3 Å². The van der Waals surface area contributed by atoms with Crippen LogP contribution in [0.15, 0.2) is 11.3 Å². The molecule has 0 amide bonds. The van der Waals surface area contributed by atoms with Gasteiger partial charge in [0.25, 0.3) is 0 Å². The maximum absolute atomic E-state index is 12.1. The van der Waals surface area contributed by atoms with Gasteiger partial charge >= 0.3 is 0 Å². The number of nitrogens with one attached hydrogen (secondary N) is 1. The van der Waals surface area contributed by atoms with Gasteiger partial charge in [-0.2, -0.15) is 11.8 Å². The zero-order chi connectivity index (χ0) is 14.4. The van der Waals surface area contributed by atoms with Gasteiger partial charge in [0.15, 0.2) is 5.78 Å². The monoisotopic (exact) mass is 283 g/mol. The molecule has 0 aromatic carbocycles. The number of ketones is 1. The molecule has 1 rings (SSSR count). The van der Waals surface area contributed by atoms with Crippen LogP contribution in [0.2, 0.25) is 0 Å². The molecule has 1 aliphatic carbocycles. The van der Waals surface area contributed by atoms with E-state index in [0.717, 1.165) is 18.6 Å². The Morgan fingerprint density at radius 2 is 2.16 bits per heavy atom. The Balaban J connectivity index is 2.69. The predicted octanol–water partition coefficient (Wildman–Crippen LogP) is 4.13. The van der Waals surface area contributed by atoms with Crippen LogP contribution in [0.4, 0.5) is 0 Å². The van der Waals surface area contributed by atoms with Gasteiger partial charge in [0, 0.05) is 23.8 Å². The van der Waals surface area contributed by atoms with Gasteiger partial charge in [-0.3, -0.25) is 4.79 Å². The molecule has 4 heteroatoms. The fourth-order valence-electron chi connectivity index (χ4n) is 2.68. The summed E-state index contributed by atoms with van der Waals surface area (Å²) in [6.07, 6.45) is 3.40. The summed E-state index contributed by atoms with van der Waals surface area (Å²) in [6, 6.07) is 0. The van der Waals surface area contributed by atoms with E-state index >= 15 is 0 Å². The highest BCUT2D eigenvalue weighted by atomic mass is 32.2. The van der Waals surface area contributed by atoms with Crippen molar-refractivity contribution in [2.45, 2.75) is 58.1 Å². The summed E-state index contributed by atoms with van der Waals surface area (Å²) in [6.45, 7) is 6.29. The second kappa shape index (κ2) is 7.73. The van der Waals surface area contributed by atoms with Crippen molar-refractivity contribution in [3.8, 4) is 0 Å². The zero-order valence-corrected chi connectivity index (χ0v) is 13.0. The molecule has 0 saturated carbocycles. The van der Waals surface area contributed by atoms with Crippen molar-refractivity contribution in [1.82, 2.24) is 0 Å². The van der Waals surface area contributed by atoms with Gasteiger partial charge in [-0.05, 0) is 24.5 Å². The van der Waals surface area contributed by atoms with Gasteiger partial charge in [0.1, 0.15) is 5.76 Å². The number of hydrogen-bond acceptors (Lipinski definition) is 4. The molecule has 3 nitrogen and oxygen atoms in total. The molecule has 2 N–H and O–H groups in total. The Hall–Kier alpha value is -0.770. The summed E-state index contributed by atoms with van der Waals surface area (Å²) in [7, 11) is 0. The van der Waals surface area contributed by atoms with Gasteiger partial charge in [0.2, 0.25) is 0 Å². The highest BCUT2D eigenvalue weighted by Gasteiger charge is 2.30. The normalized spacial score (nSPS) is 21.6. The lowest BCUT2D eigenvalue weighted by Crippen LogP contribution is -2.25. The van der Waals surface area contributed by atoms with E-state index in [4.69, 9.17) is 5.41 Å². The number of aliphatic hydroxyl groups is 1. The molecular weight excluding hydrogens is 258 g/mol. The second-order valence-electron chi connectivity index (χ2n) is 5.25. The van der Waals surface area contributed by atoms with E-state index in [2.05, 4.69) is 13.8 Å². The summed E-state index contributed by atoms with van der Waals surface area (Å²) in [5.74, 6) is 1.42. The molecule has 19 heavy (non-hydrogen) atoms. The van der Waals surface area contributed by atoms with Crippen LogP contribution in [-0.2, 0) is 4.79 Å². The highest BCUT2D eigenvalue weighted by molar-refractivity contribution is 7.99. The predicted molar refractivity (Wildman–Crippen MR) is 82.2 cm³/mol. The molecule has 0 unspecified atom stereocenters. The summed E-state index contributed by atoms with van der Waals surface area (Å²) < 4.78 is 0.